The molecule has 34 heavy (non-hydrogen) atoms. The number of carbonyl (C=O) groups is 2. The maximum atomic E-state index is 13.5. The molecule has 0 saturated heterocycles. The van der Waals surface area contributed by atoms with Gasteiger partial charge in [0.2, 0.25) is 0 Å². The number of amides is 2. The average Bonchev–Trinajstić information content (AvgIpc) is 3.16. The van der Waals surface area contributed by atoms with Gasteiger partial charge in [-0.3, -0.25) is 9.59 Å². The summed E-state index contributed by atoms with van der Waals surface area (Å²) in [5.41, 5.74) is 8.06. The first kappa shape index (κ1) is 25.0. The summed E-state index contributed by atoms with van der Waals surface area (Å²) in [5.74, 6) is 0.609. The number of nitrogens with zero attached hydrogens (tertiary/aromatic N) is 2. The van der Waals surface area contributed by atoms with Crippen molar-refractivity contribution in [1.29, 1.82) is 0 Å². The van der Waals surface area contributed by atoms with Crippen LogP contribution in [0.5, 0.6) is 5.75 Å². The molecule has 0 radical (unpaired) electrons. The maximum Gasteiger partial charge on any atom is 0.262 e. The summed E-state index contributed by atoms with van der Waals surface area (Å²) in [6.07, 6.45) is 0. The van der Waals surface area contributed by atoms with Gasteiger partial charge in [-0.05, 0) is 49.6 Å². The fraction of sp³-hybridized carbons (Fsp3) is 0.346. The van der Waals surface area contributed by atoms with Crippen LogP contribution in [0.1, 0.15) is 41.2 Å². The highest BCUT2D eigenvalue weighted by molar-refractivity contribution is 5.96. The zero-order chi connectivity index (χ0) is 24.7. The van der Waals surface area contributed by atoms with Crippen molar-refractivity contribution in [3.05, 3.63) is 77.2 Å². The second kappa shape index (κ2) is 11.0. The number of nitrogens with two attached hydrogens (primary N) is 1. The van der Waals surface area contributed by atoms with Gasteiger partial charge in [0.15, 0.2) is 6.61 Å². The highest BCUT2D eigenvalue weighted by atomic mass is 16.5. The molecule has 0 saturated carbocycles. The van der Waals surface area contributed by atoms with E-state index in [0.717, 1.165) is 5.56 Å². The molecule has 0 unspecified atom stereocenters. The molecule has 0 aliphatic heterocycles. The first-order valence-electron chi connectivity index (χ1n) is 11.2. The molecule has 0 fully saturated rings. The number of aromatic nitrogens is 1. The lowest BCUT2D eigenvalue weighted by molar-refractivity contribution is -0.118. The van der Waals surface area contributed by atoms with Gasteiger partial charge in [-0.15, -0.1) is 0 Å². The van der Waals surface area contributed by atoms with Crippen LogP contribution < -0.4 is 15.8 Å². The van der Waals surface area contributed by atoms with Gasteiger partial charge < -0.3 is 25.2 Å². The van der Waals surface area contributed by atoms with Crippen LogP contribution in [0.25, 0.3) is 0 Å². The van der Waals surface area contributed by atoms with Crippen molar-refractivity contribution in [3.8, 4) is 5.75 Å². The number of rotatable bonds is 10. The van der Waals surface area contributed by atoms with E-state index in [9.17, 15) is 9.59 Å². The van der Waals surface area contributed by atoms with E-state index in [2.05, 4.69) is 10.5 Å². The lowest BCUT2D eigenvalue weighted by atomic mass is 9.92. The maximum absolute atomic E-state index is 13.5. The minimum Gasteiger partial charge on any atom is -0.484 e. The first-order valence-corrected chi connectivity index (χ1v) is 11.2. The fourth-order valence-electron chi connectivity index (χ4n) is 3.56. The molecule has 2 aromatic carbocycles. The Balaban J connectivity index is 1.79. The summed E-state index contributed by atoms with van der Waals surface area (Å²) >= 11 is 0. The number of anilines is 1. The summed E-state index contributed by atoms with van der Waals surface area (Å²) in [4.78, 5) is 27.8. The summed E-state index contributed by atoms with van der Waals surface area (Å²) < 4.78 is 10.8. The molecule has 0 aliphatic carbocycles. The quantitative estimate of drug-likeness (QED) is 0.470. The Hall–Kier alpha value is -3.65. The van der Waals surface area contributed by atoms with Crippen LogP contribution in [0.4, 0.5) is 5.69 Å². The highest BCUT2D eigenvalue weighted by Crippen LogP contribution is 2.25. The van der Waals surface area contributed by atoms with Gasteiger partial charge in [0.25, 0.3) is 11.8 Å². The van der Waals surface area contributed by atoms with Gasteiger partial charge >= 0.3 is 0 Å². The van der Waals surface area contributed by atoms with E-state index in [-0.39, 0.29) is 30.4 Å². The number of hydrogen-bond donors (Lipinski definition) is 2. The smallest absolute Gasteiger partial charge is 0.262 e. The third-order valence-corrected chi connectivity index (χ3v) is 5.47. The van der Waals surface area contributed by atoms with Crippen LogP contribution in [0.2, 0.25) is 0 Å². The monoisotopic (exact) mass is 464 g/mol. The molecule has 1 heterocycles. The van der Waals surface area contributed by atoms with Crippen molar-refractivity contribution in [3.63, 3.8) is 0 Å². The molecule has 2 amide bonds. The molecule has 3 rings (SSSR count). The van der Waals surface area contributed by atoms with E-state index < -0.39 is 0 Å². The molecular formula is C26H32N4O4. The van der Waals surface area contributed by atoms with Crippen LogP contribution in [-0.4, -0.2) is 41.6 Å². The molecule has 0 aliphatic rings. The summed E-state index contributed by atoms with van der Waals surface area (Å²) in [7, 11) is 0. The lowest BCUT2D eigenvalue weighted by Crippen LogP contribution is -2.42. The second-order valence-electron chi connectivity index (χ2n) is 9.04. The molecule has 8 nitrogen and oxygen atoms in total. The van der Waals surface area contributed by atoms with Gasteiger partial charge in [-0.2, -0.15) is 0 Å². The van der Waals surface area contributed by atoms with Gasteiger partial charge in [-0.1, -0.05) is 55.4 Å². The molecule has 3 N–H and O–H groups in total. The third-order valence-electron chi connectivity index (χ3n) is 5.47. The Kier molecular flexibility index (Phi) is 8.07. The second-order valence-corrected chi connectivity index (χ2v) is 9.04. The average molecular weight is 465 g/mol. The van der Waals surface area contributed by atoms with Crippen LogP contribution >= 0.6 is 0 Å². The van der Waals surface area contributed by atoms with Gasteiger partial charge in [0, 0.05) is 18.8 Å². The van der Waals surface area contributed by atoms with Crippen molar-refractivity contribution in [2.24, 2.45) is 11.1 Å². The van der Waals surface area contributed by atoms with Gasteiger partial charge in [0.1, 0.15) is 17.1 Å². The van der Waals surface area contributed by atoms with E-state index in [4.69, 9.17) is 15.0 Å². The van der Waals surface area contributed by atoms with E-state index in [1.54, 1.807) is 30.9 Å². The third kappa shape index (κ3) is 6.45. The predicted molar refractivity (Wildman–Crippen MR) is 131 cm³/mol. The summed E-state index contributed by atoms with van der Waals surface area (Å²) in [6.45, 7) is 8.48. The van der Waals surface area contributed by atoms with Gasteiger partial charge in [-0.25, -0.2) is 0 Å². The van der Waals surface area contributed by atoms with Crippen LogP contribution in [-0.2, 0) is 11.3 Å². The van der Waals surface area contributed by atoms with Gasteiger partial charge in [0.05, 0.1) is 5.69 Å². The van der Waals surface area contributed by atoms with E-state index in [0.29, 0.717) is 41.5 Å². The van der Waals surface area contributed by atoms with E-state index in [1.165, 1.54) is 0 Å². The number of aryl methyl sites for hydroxylation is 2. The zero-order valence-corrected chi connectivity index (χ0v) is 20.1. The van der Waals surface area contributed by atoms with Crippen molar-refractivity contribution >= 4 is 17.5 Å². The lowest BCUT2D eigenvalue weighted by Gasteiger charge is -2.32. The summed E-state index contributed by atoms with van der Waals surface area (Å²) in [6, 6.07) is 16.5. The van der Waals surface area contributed by atoms with Crippen molar-refractivity contribution < 1.29 is 18.8 Å². The molecule has 0 atom stereocenters. The van der Waals surface area contributed by atoms with E-state index in [1.807, 2.05) is 56.3 Å². The number of nitrogens with one attached hydrogen (secondary N) is 1. The fourth-order valence-corrected chi connectivity index (χ4v) is 3.56. The number of carbonyl (C=O) groups excluding carboxylic acids is 2. The van der Waals surface area contributed by atoms with Crippen molar-refractivity contribution in [1.82, 2.24) is 10.1 Å². The molecule has 8 heteroatoms. The Bertz CT molecular complexity index is 1110. The normalized spacial score (nSPS) is 11.2. The number of ether oxygens (including phenoxy) is 1. The topological polar surface area (TPSA) is 111 Å². The molecule has 1 aromatic heterocycles. The Morgan fingerprint density at radius 3 is 2.41 bits per heavy atom. The zero-order valence-electron chi connectivity index (χ0n) is 20.1. The Morgan fingerprint density at radius 2 is 1.76 bits per heavy atom. The first-order chi connectivity index (χ1) is 16.2. The molecule has 0 bridgehead atoms. The van der Waals surface area contributed by atoms with Crippen molar-refractivity contribution in [2.75, 3.05) is 25.0 Å². The largest absolute Gasteiger partial charge is 0.484 e. The van der Waals surface area contributed by atoms with Crippen molar-refractivity contribution in [2.45, 2.75) is 34.2 Å². The number of hydrogen-bond acceptors (Lipinski definition) is 6. The minimum atomic E-state index is -0.309. The Morgan fingerprint density at radius 1 is 1.09 bits per heavy atom. The minimum absolute atomic E-state index is 0.125. The highest BCUT2D eigenvalue weighted by Gasteiger charge is 2.29. The molecule has 180 valence electrons. The standard InChI is InChI=1S/C26H32N4O4/c1-18-24(19(2)34-29-18)25(32)30(17-26(3,4)16-27)14-20-10-8-9-13-22(20)28-23(31)15-33-21-11-6-5-7-12-21/h5-13H,14-17,27H2,1-4H3,(H,28,31). The number of benzene rings is 2. The SMILES string of the molecule is Cc1noc(C)c1C(=O)N(Cc1ccccc1NC(=O)COc1ccccc1)CC(C)(C)CN. The van der Waals surface area contributed by atoms with Crippen LogP contribution in [0.15, 0.2) is 59.1 Å². The Labute approximate surface area is 200 Å². The summed E-state index contributed by atoms with van der Waals surface area (Å²) in [5, 5.41) is 6.83. The van der Waals surface area contributed by atoms with Crippen LogP contribution in [0, 0.1) is 19.3 Å². The van der Waals surface area contributed by atoms with Crippen LogP contribution in [0.3, 0.4) is 0 Å². The molecule has 0 spiro atoms. The molecule has 3 aromatic rings. The van der Waals surface area contributed by atoms with E-state index >= 15 is 0 Å². The predicted octanol–water partition coefficient (Wildman–Crippen LogP) is 3.94. The molecular weight excluding hydrogens is 432 g/mol. The number of para-hydroxylation sites is 2.